The van der Waals surface area contributed by atoms with Crippen LogP contribution in [0.4, 0.5) is 0 Å². The van der Waals surface area contributed by atoms with Crippen LogP contribution in [0.2, 0.25) is 0 Å². The maximum atomic E-state index is 11.2. The van der Waals surface area contributed by atoms with Crippen molar-refractivity contribution in [3.63, 3.8) is 0 Å². The molecule has 0 aliphatic heterocycles. The van der Waals surface area contributed by atoms with E-state index in [-0.39, 0.29) is 12.5 Å². The van der Waals surface area contributed by atoms with Crippen molar-refractivity contribution in [2.75, 3.05) is 13.2 Å². The van der Waals surface area contributed by atoms with E-state index in [1.165, 1.54) is 44.9 Å². The minimum atomic E-state index is -0.770. The highest BCUT2D eigenvalue weighted by Gasteiger charge is 2.13. The summed E-state index contributed by atoms with van der Waals surface area (Å²) in [6.07, 6.45) is 10.5. The molecule has 0 aromatic carbocycles. The summed E-state index contributed by atoms with van der Waals surface area (Å²) in [5.41, 5.74) is 5.39. The van der Waals surface area contributed by atoms with Crippen molar-refractivity contribution in [2.45, 2.75) is 57.4 Å². The molecule has 1 atom stereocenters. The Morgan fingerprint density at radius 3 is 2.65 bits per heavy atom. The number of rotatable bonds is 7. The third kappa shape index (κ3) is 6.03. The summed E-state index contributed by atoms with van der Waals surface area (Å²) in [6, 6.07) is -0.770. The summed E-state index contributed by atoms with van der Waals surface area (Å²) in [6.45, 7) is 0.396. The molecule has 100 valence electrons. The standard InChI is InChI=1S/C13H26N2O2/c14-12(10-16)13(17)15-9-5-4-8-11-6-2-1-3-7-11/h11-12,16H,1-10,14H2,(H,15,17)/t12-/m0/s1. The number of hydrogen-bond donors (Lipinski definition) is 3. The van der Waals surface area contributed by atoms with Gasteiger partial charge < -0.3 is 16.2 Å². The van der Waals surface area contributed by atoms with Gasteiger partial charge in [0, 0.05) is 6.54 Å². The third-order valence-electron chi connectivity index (χ3n) is 3.60. The molecule has 1 rings (SSSR count). The zero-order valence-corrected chi connectivity index (χ0v) is 10.7. The molecule has 1 saturated carbocycles. The lowest BCUT2D eigenvalue weighted by atomic mass is 9.86. The lowest BCUT2D eigenvalue weighted by Crippen LogP contribution is -2.43. The Morgan fingerprint density at radius 1 is 1.29 bits per heavy atom. The minimum absolute atomic E-state index is 0.245. The molecular formula is C13H26N2O2. The first-order chi connectivity index (χ1) is 8.24. The third-order valence-corrected chi connectivity index (χ3v) is 3.60. The van der Waals surface area contributed by atoms with Crippen LogP contribution in [0.15, 0.2) is 0 Å². The Bertz CT molecular complexity index is 215. The van der Waals surface area contributed by atoms with Crippen LogP contribution in [-0.2, 0) is 4.79 Å². The largest absolute Gasteiger partial charge is 0.394 e. The minimum Gasteiger partial charge on any atom is -0.394 e. The first-order valence-electron chi connectivity index (χ1n) is 6.88. The number of nitrogens with two attached hydrogens (primary N) is 1. The second kappa shape index (κ2) is 8.48. The van der Waals surface area contributed by atoms with Gasteiger partial charge in [-0.05, 0) is 12.3 Å². The zero-order chi connectivity index (χ0) is 12.5. The van der Waals surface area contributed by atoms with Crippen LogP contribution in [0.25, 0.3) is 0 Å². The maximum absolute atomic E-state index is 11.2. The number of nitrogens with one attached hydrogen (secondary N) is 1. The fraction of sp³-hybridized carbons (Fsp3) is 0.923. The van der Waals surface area contributed by atoms with Crippen molar-refractivity contribution in [2.24, 2.45) is 11.7 Å². The zero-order valence-electron chi connectivity index (χ0n) is 10.7. The highest BCUT2D eigenvalue weighted by atomic mass is 16.3. The molecule has 0 bridgehead atoms. The summed E-state index contributed by atoms with van der Waals surface area (Å²) >= 11 is 0. The second-order valence-corrected chi connectivity index (χ2v) is 5.08. The molecule has 0 heterocycles. The van der Waals surface area contributed by atoms with Crippen LogP contribution < -0.4 is 11.1 Å². The fourth-order valence-corrected chi connectivity index (χ4v) is 2.46. The van der Waals surface area contributed by atoms with E-state index >= 15 is 0 Å². The lowest BCUT2D eigenvalue weighted by Gasteiger charge is -2.21. The number of aliphatic hydroxyl groups is 1. The predicted octanol–water partition coefficient (Wildman–Crippen LogP) is 1.17. The molecule has 4 heteroatoms. The molecule has 17 heavy (non-hydrogen) atoms. The summed E-state index contributed by atoms with van der Waals surface area (Å²) in [5, 5.41) is 11.4. The molecule has 1 aliphatic carbocycles. The Balaban J connectivity index is 1.95. The van der Waals surface area contributed by atoms with E-state index in [4.69, 9.17) is 10.8 Å². The Morgan fingerprint density at radius 2 is 2.00 bits per heavy atom. The normalized spacial score (nSPS) is 18.9. The van der Waals surface area contributed by atoms with Crippen molar-refractivity contribution in [1.29, 1.82) is 0 Å². The van der Waals surface area contributed by atoms with E-state index in [2.05, 4.69) is 5.32 Å². The topological polar surface area (TPSA) is 75.3 Å². The van der Waals surface area contributed by atoms with E-state index in [1.54, 1.807) is 0 Å². The number of hydrogen-bond acceptors (Lipinski definition) is 3. The quantitative estimate of drug-likeness (QED) is 0.587. The van der Waals surface area contributed by atoms with Gasteiger partial charge in [0.1, 0.15) is 6.04 Å². The Labute approximate surface area is 104 Å². The van der Waals surface area contributed by atoms with Gasteiger partial charge in [-0.1, -0.05) is 44.9 Å². The molecular weight excluding hydrogens is 216 g/mol. The molecule has 0 radical (unpaired) electrons. The van der Waals surface area contributed by atoms with E-state index in [1.807, 2.05) is 0 Å². The maximum Gasteiger partial charge on any atom is 0.239 e. The second-order valence-electron chi connectivity index (χ2n) is 5.08. The van der Waals surface area contributed by atoms with Gasteiger partial charge in [0.25, 0.3) is 0 Å². The molecule has 1 fully saturated rings. The van der Waals surface area contributed by atoms with Crippen LogP contribution >= 0.6 is 0 Å². The predicted molar refractivity (Wildman–Crippen MR) is 68.5 cm³/mol. The summed E-state index contributed by atoms with van der Waals surface area (Å²) in [5.74, 6) is 0.671. The molecule has 0 aromatic rings. The van der Waals surface area contributed by atoms with E-state index in [9.17, 15) is 4.79 Å². The van der Waals surface area contributed by atoms with Crippen LogP contribution in [0, 0.1) is 5.92 Å². The fourth-order valence-electron chi connectivity index (χ4n) is 2.46. The van der Waals surface area contributed by atoms with Crippen molar-refractivity contribution >= 4 is 5.91 Å². The summed E-state index contributed by atoms with van der Waals surface area (Å²) in [4.78, 5) is 11.2. The van der Waals surface area contributed by atoms with Crippen molar-refractivity contribution in [1.82, 2.24) is 5.32 Å². The van der Waals surface area contributed by atoms with Gasteiger partial charge >= 0.3 is 0 Å². The first kappa shape index (κ1) is 14.5. The molecule has 1 amide bonds. The smallest absolute Gasteiger partial charge is 0.239 e. The molecule has 4 N–H and O–H groups in total. The molecule has 0 unspecified atom stereocenters. The van der Waals surface area contributed by atoms with Crippen molar-refractivity contribution in [3.05, 3.63) is 0 Å². The van der Waals surface area contributed by atoms with E-state index in [0.29, 0.717) is 6.54 Å². The van der Waals surface area contributed by atoms with Gasteiger partial charge in [-0.25, -0.2) is 0 Å². The summed E-state index contributed by atoms with van der Waals surface area (Å²) in [7, 11) is 0. The molecule has 0 saturated heterocycles. The van der Waals surface area contributed by atoms with E-state index < -0.39 is 6.04 Å². The van der Waals surface area contributed by atoms with Gasteiger partial charge in [0.05, 0.1) is 6.61 Å². The SMILES string of the molecule is N[C@@H](CO)C(=O)NCCCCC1CCCCC1. The monoisotopic (exact) mass is 242 g/mol. The number of carbonyl (C=O) groups excluding carboxylic acids is 1. The van der Waals surface area contributed by atoms with Crippen LogP contribution in [0.3, 0.4) is 0 Å². The molecule has 1 aliphatic rings. The van der Waals surface area contributed by atoms with Crippen molar-refractivity contribution in [3.8, 4) is 0 Å². The first-order valence-corrected chi connectivity index (χ1v) is 6.88. The molecule has 4 nitrogen and oxygen atoms in total. The Hall–Kier alpha value is -0.610. The van der Waals surface area contributed by atoms with Crippen LogP contribution in [0.5, 0.6) is 0 Å². The highest BCUT2D eigenvalue weighted by Crippen LogP contribution is 2.27. The van der Waals surface area contributed by atoms with Gasteiger partial charge in [-0.2, -0.15) is 0 Å². The average Bonchev–Trinajstić information content (AvgIpc) is 2.38. The van der Waals surface area contributed by atoms with Crippen LogP contribution in [0.1, 0.15) is 51.4 Å². The van der Waals surface area contributed by atoms with Gasteiger partial charge in [-0.3, -0.25) is 4.79 Å². The molecule has 0 spiro atoms. The van der Waals surface area contributed by atoms with Gasteiger partial charge in [0.15, 0.2) is 0 Å². The number of carbonyl (C=O) groups is 1. The van der Waals surface area contributed by atoms with Crippen LogP contribution in [-0.4, -0.2) is 30.2 Å². The van der Waals surface area contributed by atoms with Gasteiger partial charge in [-0.15, -0.1) is 0 Å². The lowest BCUT2D eigenvalue weighted by molar-refractivity contribution is -0.123. The number of unbranched alkanes of at least 4 members (excludes halogenated alkanes) is 1. The molecule has 0 aromatic heterocycles. The highest BCUT2D eigenvalue weighted by molar-refractivity contribution is 5.81. The number of amides is 1. The number of aliphatic hydroxyl groups excluding tert-OH is 1. The van der Waals surface area contributed by atoms with E-state index in [0.717, 1.165) is 12.3 Å². The summed E-state index contributed by atoms with van der Waals surface area (Å²) < 4.78 is 0. The van der Waals surface area contributed by atoms with Gasteiger partial charge in [0.2, 0.25) is 5.91 Å². The average molecular weight is 242 g/mol. The Kier molecular flexibility index (Phi) is 7.21. The van der Waals surface area contributed by atoms with Crippen molar-refractivity contribution < 1.29 is 9.90 Å².